The fraction of sp³-hybridized carbons (Fsp3) is 0.371. The number of carbonyl (C=O) groups is 2. The fourth-order valence-electron chi connectivity index (χ4n) is 5.52. The Balaban J connectivity index is 1.18. The number of aryl methyl sites for hydroxylation is 1. The number of hydrogen-bond donors (Lipinski definition) is 6. The van der Waals surface area contributed by atoms with Gasteiger partial charge in [0.15, 0.2) is 22.5 Å². The van der Waals surface area contributed by atoms with Crippen molar-refractivity contribution in [1.82, 2.24) is 10.6 Å². The molecule has 0 saturated carbocycles. The summed E-state index contributed by atoms with van der Waals surface area (Å²) in [6.45, 7) is 2.78. The number of hydrogen-bond acceptors (Lipinski definition) is 8. The van der Waals surface area contributed by atoms with Crippen molar-refractivity contribution in [2.45, 2.75) is 64.7 Å². The molecule has 0 atom stereocenters. The third kappa shape index (κ3) is 11.9. The molecule has 1 amide bonds. The number of phenols is 1. The van der Waals surface area contributed by atoms with E-state index >= 15 is 0 Å². The van der Waals surface area contributed by atoms with Gasteiger partial charge in [0.25, 0.3) is 0 Å². The zero-order chi connectivity index (χ0) is 37.1. The summed E-state index contributed by atoms with van der Waals surface area (Å²) in [6.07, 6.45) is 4.59. The minimum absolute atomic E-state index is 0.0363. The van der Waals surface area contributed by atoms with Crippen LogP contribution in [0, 0.1) is 18.6 Å². The highest BCUT2D eigenvalue weighted by Gasteiger charge is 2.22. The minimum Gasteiger partial charge on any atom is -0.505 e. The molecule has 0 saturated heterocycles. The molecular weight excluding hydrogens is 707 g/mol. The standard InChI is InChI=1S/C35H40F2N3O9PS/c1-21-16-22(11-12-24(21)34-25-17-27(36)29(42)19-31(25)49-32-20-30(43)28(37)18-26(32)34)40-35(51)39-14-6-2-5-13-38-33(44)10-4-3-8-23(41)9-7-15-48-50(45,46)47/h11-12,16-20,42H,2-10,13-15H2,1H3,(H,38,44)(H2,39,40,51)(H2,45,46,47). The molecule has 16 heteroatoms. The molecule has 0 radical (unpaired) electrons. The van der Waals surface area contributed by atoms with Crippen molar-refractivity contribution in [3.05, 3.63) is 69.9 Å². The number of ketones is 1. The highest BCUT2D eigenvalue weighted by atomic mass is 32.1. The number of fused-ring (bicyclic) bond motifs is 2. The number of Topliss-reactive ketones (excluding diaryl/α,β-unsaturated/α-hetero) is 1. The van der Waals surface area contributed by atoms with Crippen LogP contribution in [0.3, 0.4) is 0 Å². The molecule has 1 aliphatic carbocycles. The van der Waals surface area contributed by atoms with E-state index in [2.05, 4.69) is 20.5 Å². The largest absolute Gasteiger partial charge is 0.505 e. The predicted octanol–water partition coefficient (Wildman–Crippen LogP) is 6.45. The van der Waals surface area contributed by atoms with Crippen molar-refractivity contribution in [2.75, 3.05) is 25.0 Å². The van der Waals surface area contributed by atoms with Crippen LogP contribution in [0.15, 0.2) is 51.7 Å². The monoisotopic (exact) mass is 747 g/mol. The lowest BCUT2D eigenvalue weighted by molar-refractivity contribution is -0.122. The zero-order valence-electron chi connectivity index (χ0n) is 27.9. The van der Waals surface area contributed by atoms with Crippen LogP contribution in [0.1, 0.15) is 63.4 Å². The molecule has 0 aromatic heterocycles. The van der Waals surface area contributed by atoms with Crippen molar-refractivity contribution < 1.29 is 46.8 Å². The molecule has 2 aromatic rings. The van der Waals surface area contributed by atoms with Crippen LogP contribution in [-0.2, 0) is 18.7 Å². The SMILES string of the molecule is Cc1cc(NC(=S)NCCCCCNC(=O)CCCCC(=O)CCCOP(=O)(O)O)ccc1-c1c2cc(F)c(=O)cc-2oc2cc(O)c(F)cc12. The topological polar surface area (TPSA) is 187 Å². The molecule has 4 rings (SSSR count). The van der Waals surface area contributed by atoms with Crippen LogP contribution in [0.2, 0.25) is 0 Å². The fourth-order valence-corrected chi connectivity index (χ4v) is 6.11. The predicted molar refractivity (Wildman–Crippen MR) is 193 cm³/mol. The maximum absolute atomic E-state index is 14.5. The van der Waals surface area contributed by atoms with Crippen LogP contribution >= 0.6 is 20.0 Å². The Morgan fingerprint density at radius 1 is 0.882 bits per heavy atom. The summed E-state index contributed by atoms with van der Waals surface area (Å²) in [6, 6.07) is 9.69. The number of benzene rings is 3. The van der Waals surface area contributed by atoms with Gasteiger partial charge in [-0.3, -0.25) is 18.9 Å². The zero-order valence-corrected chi connectivity index (χ0v) is 29.6. The van der Waals surface area contributed by atoms with Gasteiger partial charge in [-0.15, -0.1) is 0 Å². The number of aromatic hydroxyl groups is 1. The smallest absolute Gasteiger partial charge is 0.469 e. The molecule has 2 aromatic carbocycles. The van der Waals surface area contributed by atoms with Crippen LogP contribution < -0.4 is 21.4 Å². The maximum Gasteiger partial charge on any atom is 0.469 e. The van der Waals surface area contributed by atoms with Crippen LogP contribution in [0.4, 0.5) is 14.5 Å². The van der Waals surface area contributed by atoms with Crippen LogP contribution in [-0.4, -0.2) is 51.4 Å². The number of amides is 1. The number of phenolic OH excluding ortho intramolecular Hbond substituents is 1. The summed E-state index contributed by atoms with van der Waals surface area (Å²) in [5.74, 6) is -2.49. The van der Waals surface area contributed by atoms with Gasteiger partial charge in [0.1, 0.15) is 17.1 Å². The molecule has 0 bridgehead atoms. The number of nitrogens with one attached hydrogen (secondary N) is 3. The summed E-state index contributed by atoms with van der Waals surface area (Å²) in [4.78, 5) is 53.1. The number of phosphoric ester groups is 1. The number of halogens is 2. The first-order valence-electron chi connectivity index (χ1n) is 16.4. The normalized spacial score (nSPS) is 11.5. The van der Waals surface area contributed by atoms with Crippen LogP contribution in [0.5, 0.6) is 5.75 Å². The molecule has 274 valence electrons. The average molecular weight is 748 g/mol. The first-order valence-corrected chi connectivity index (χ1v) is 18.4. The lowest BCUT2D eigenvalue weighted by atomic mass is 9.91. The summed E-state index contributed by atoms with van der Waals surface area (Å²) < 4.78 is 49.5. The molecule has 6 N–H and O–H groups in total. The molecule has 1 aliphatic heterocycles. The second kappa shape index (κ2) is 18.3. The van der Waals surface area contributed by atoms with E-state index in [0.29, 0.717) is 66.1 Å². The first kappa shape index (κ1) is 39.5. The molecule has 2 aliphatic rings. The van der Waals surface area contributed by atoms with Gasteiger partial charge in [-0.25, -0.2) is 13.3 Å². The Morgan fingerprint density at radius 2 is 1.59 bits per heavy atom. The van der Waals surface area contributed by atoms with Gasteiger partial charge in [0, 0.05) is 66.7 Å². The van der Waals surface area contributed by atoms with Crippen molar-refractivity contribution in [2.24, 2.45) is 0 Å². The number of anilines is 1. The molecule has 51 heavy (non-hydrogen) atoms. The molecular formula is C35H40F2N3O9PS. The van der Waals surface area contributed by atoms with Gasteiger partial charge in [0.2, 0.25) is 11.3 Å². The lowest BCUT2D eigenvalue weighted by Gasteiger charge is -2.18. The summed E-state index contributed by atoms with van der Waals surface area (Å²) >= 11 is 5.44. The van der Waals surface area contributed by atoms with Crippen LogP contribution in [0.25, 0.3) is 33.4 Å². The summed E-state index contributed by atoms with van der Waals surface area (Å²) in [5, 5.41) is 19.8. The van der Waals surface area contributed by atoms with Gasteiger partial charge >= 0.3 is 7.82 Å². The van der Waals surface area contributed by atoms with Crippen molar-refractivity contribution >= 4 is 53.5 Å². The molecule has 12 nitrogen and oxygen atoms in total. The third-order valence-electron chi connectivity index (χ3n) is 8.03. The van der Waals surface area contributed by atoms with Crippen molar-refractivity contribution in [1.29, 1.82) is 0 Å². The minimum atomic E-state index is -4.51. The van der Waals surface area contributed by atoms with Gasteiger partial charge in [-0.05, 0) is 93.1 Å². The summed E-state index contributed by atoms with van der Waals surface area (Å²) in [7, 11) is -4.51. The number of carbonyl (C=O) groups excluding carboxylic acids is 2. The number of unbranched alkanes of at least 4 members (excludes halogenated alkanes) is 3. The number of phosphoric acid groups is 1. The van der Waals surface area contributed by atoms with Gasteiger partial charge < -0.3 is 35.3 Å². The second-order valence-corrected chi connectivity index (χ2v) is 13.7. The Labute approximate surface area is 298 Å². The highest BCUT2D eigenvalue weighted by molar-refractivity contribution is 7.80. The van der Waals surface area contributed by atoms with Gasteiger partial charge in [-0.1, -0.05) is 6.07 Å². The van der Waals surface area contributed by atoms with Crippen molar-refractivity contribution in [3.8, 4) is 28.2 Å². The maximum atomic E-state index is 14.5. The lowest BCUT2D eigenvalue weighted by Crippen LogP contribution is -2.29. The van der Waals surface area contributed by atoms with E-state index < -0.39 is 30.6 Å². The molecule has 0 fully saturated rings. The highest BCUT2D eigenvalue weighted by Crippen LogP contribution is 2.43. The Morgan fingerprint density at radius 3 is 2.31 bits per heavy atom. The Hall–Kier alpha value is -4.27. The summed E-state index contributed by atoms with van der Waals surface area (Å²) in [5.41, 5.74) is 2.06. The first-order chi connectivity index (χ1) is 24.2. The number of thiocarbonyl (C=S) groups is 1. The van der Waals surface area contributed by atoms with E-state index in [0.717, 1.165) is 49.1 Å². The molecule has 0 spiro atoms. The average Bonchev–Trinajstić information content (AvgIpc) is 3.05. The third-order valence-corrected chi connectivity index (χ3v) is 8.79. The van der Waals surface area contributed by atoms with E-state index in [1.165, 1.54) is 0 Å². The van der Waals surface area contributed by atoms with Crippen molar-refractivity contribution in [3.63, 3.8) is 0 Å². The van der Waals surface area contributed by atoms with E-state index in [9.17, 15) is 32.8 Å². The second-order valence-electron chi connectivity index (χ2n) is 12.0. The van der Waals surface area contributed by atoms with E-state index in [4.69, 9.17) is 26.4 Å². The number of rotatable bonds is 18. The quantitative estimate of drug-likeness (QED) is 0.0283. The van der Waals surface area contributed by atoms with E-state index in [1.807, 2.05) is 13.0 Å². The Bertz CT molecular complexity index is 1970. The van der Waals surface area contributed by atoms with E-state index in [-0.39, 0.29) is 48.0 Å². The van der Waals surface area contributed by atoms with Gasteiger partial charge in [0.05, 0.1) is 6.61 Å². The molecule has 1 heterocycles. The Kier molecular flexibility index (Phi) is 14.2. The van der Waals surface area contributed by atoms with E-state index in [1.54, 1.807) is 12.1 Å². The van der Waals surface area contributed by atoms with Gasteiger partial charge in [-0.2, -0.15) is 0 Å². The molecule has 0 unspecified atom stereocenters.